The van der Waals surface area contributed by atoms with Crippen LogP contribution in [0.4, 0.5) is 0 Å². The lowest BCUT2D eigenvalue weighted by Crippen LogP contribution is -2.15. The first-order chi connectivity index (χ1) is 20.6. The molecule has 0 saturated heterocycles. The fourth-order valence-electron chi connectivity index (χ4n) is 8.50. The number of hydrogen-bond acceptors (Lipinski definition) is 0. The predicted octanol–water partition coefficient (Wildman–Crippen LogP) is 13.4. The summed E-state index contributed by atoms with van der Waals surface area (Å²) in [6.45, 7) is 9.32. The van der Waals surface area contributed by atoms with Crippen molar-refractivity contribution in [1.82, 2.24) is 0 Å². The van der Waals surface area contributed by atoms with E-state index in [1.54, 1.807) is 5.56 Å². The Kier molecular flexibility index (Phi) is 14.5. The van der Waals surface area contributed by atoms with E-state index in [0.29, 0.717) is 0 Å². The molecule has 234 valence electrons. The fraction of sp³-hybridized carbons (Fsp3) is 0.714. The van der Waals surface area contributed by atoms with Gasteiger partial charge in [-0.2, -0.15) is 0 Å². The Morgan fingerprint density at radius 3 is 1.67 bits per heavy atom. The minimum atomic E-state index is 0.954. The lowest BCUT2D eigenvalue weighted by molar-refractivity contribution is 0.248. The topological polar surface area (TPSA) is 0 Å². The van der Waals surface area contributed by atoms with Crippen molar-refractivity contribution in [2.24, 2.45) is 23.7 Å². The van der Waals surface area contributed by atoms with E-state index in [-0.39, 0.29) is 0 Å². The highest BCUT2D eigenvalue weighted by molar-refractivity contribution is 5.68. The summed E-state index contributed by atoms with van der Waals surface area (Å²) in [7, 11) is 0. The largest absolute Gasteiger partial charge is 0.0654 e. The van der Waals surface area contributed by atoms with Crippen LogP contribution in [0.5, 0.6) is 0 Å². The van der Waals surface area contributed by atoms with Crippen molar-refractivity contribution in [2.75, 3.05) is 0 Å². The van der Waals surface area contributed by atoms with Crippen LogP contribution in [-0.4, -0.2) is 0 Å². The van der Waals surface area contributed by atoms with Gasteiger partial charge in [-0.3, -0.25) is 0 Å². The predicted molar refractivity (Wildman–Crippen MR) is 186 cm³/mol. The van der Waals surface area contributed by atoms with Crippen LogP contribution in [0.15, 0.2) is 36.4 Å². The van der Waals surface area contributed by atoms with Crippen LogP contribution in [0, 0.1) is 37.5 Å². The number of hydrogen-bond donors (Lipinski definition) is 0. The molecule has 0 amide bonds. The van der Waals surface area contributed by atoms with Gasteiger partial charge in [0.2, 0.25) is 0 Å². The summed E-state index contributed by atoms with van der Waals surface area (Å²) in [5.41, 5.74) is 8.87. The smallest absolute Gasteiger partial charge is 0.0154 e. The molecule has 2 fully saturated rings. The summed E-state index contributed by atoms with van der Waals surface area (Å²) in [5.74, 6) is 3.96. The second-order valence-electron chi connectivity index (χ2n) is 14.8. The Morgan fingerprint density at radius 2 is 1.07 bits per heavy atom. The van der Waals surface area contributed by atoms with E-state index in [0.717, 1.165) is 23.7 Å². The third-order valence-corrected chi connectivity index (χ3v) is 11.5. The molecule has 0 aliphatic heterocycles. The molecule has 2 aliphatic carbocycles. The Labute approximate surface area is 261 Å². The highest BCUT2D eigenvalue weighted by Crippen LogP contribution is 2.36. The maximum absolute atomic E-state index is 2.48. The summed E-state index contributed by atoms with van der Waals surface area (Å²) < 4.78 is 0. The van der Waals surface area contributed by atoms with Crippen LogP contribution in [0.3, 0.4) is 0 Å². The molecule has 42 heavy (non-hydrogen) atoms. The van der Waals surface area contributed by atoms with E-state index >= 15 is 0 Å². The minimum Gasteiger partial charge on any atom is -0.0654 e. The van der Waals surface area contributed by atoms with Crippen molar-refractivity contribution < 1.29 is 0 Å². The second-order valence-corrected chi connectivity index (χ2v) is 14.8. The van der Waals surface area contributed by atoms with Crippen LogP contribution < -0.4 is 0 Å². The van der Waals surface area contributed by atoms with Gasteiger partial charge in [0, 0.05) is 0 Å². The van der Waals surface area contributed by atoms with Gasteiger partial charge in [-0.05, 0) is 96.6 Å². The van der Waals surface area contributed by atoms with Crippen LogP contribution in [-0.2, 0) is 12.8 Å². The fourth-order valence-corrected chi connectivity index (χ4v) is 8.50. The molecule has 0 bridgehead atoms. The van der Waals surface area contributed by atoms with Crippen LogP contribution in [0.25, 0.3) is 11.1 Å². The van der Waals surface area contributed by atoms with Crippen LogP contribution in [0.1, 0.15) is 165 Å². The molecule has 0 nitrogen and oxygen atoms in total. The lowest BCUT2D eigenvalue weighted by Gasteiger charge is -2.28. The van der Waals surface area contributed by atoms with Crippen LogP contribution >= 0.6 is 0 Å². The first-order valence-corrected chi connectivity index (χ1v) is 18.7. The standard InChI is InChI=1S/C42H66/c1-5-7-8-9-10-11-12-14-36-17-21-38(22-18-36)25-27-40-28-29-41(32-33(40)3)42-30-26-39(31-34(42)4)24-23-37-19-15-35(13-6-2)16-20-37/h26,28-32,35-38H,5-25,27H2,1-4H3. The molecule has 0 heteroatoms. The highest BCUT2D eigenvalue weighted by Gasteiger charge is 2.22. The highest BCUT2D eigenvalue weighted by atomic mass is 14.3. The zero-order chi connectivity index (χ0) is 29.6. The van der Waals surface area contributed by atoms with E-state index in [1.807, 2.05) is 0 Å². The van der Waals surface area contributed by atoms with Gasteiger partial charge in [-0.1, -0.05) is 166 Å². The molecule has 0 atom stereocenters. The van der Waals surface area contributed by atoms with Gasteiger partial charge < -0.3 is 0 Å². The van der Waals surface area contributed by atoms with Gasteiger partial charge in [0.05, 0.1) is 0 Å². The van der Waals surface area contributed by atoms with Gasteiger partial charge in [0.1, 0.15) is 0 Å². The number of rotatable bonds is 17. The first kappa shape index (κ1) is 33.3. The maximum Gasteiger partial charge on any atom is -0.0154 e. The monoisotopic (exact) mass is 571 g/mol. The SMILES string of the molecule is CCCCCCCCCC1CCC(CCc2ccc(-c3ccc(CCC4CCC(CCC)CC4)cc3C)cc2C)CC1. The van der Waals surface area contributed by atoms with Crippen molar-refractivity contribution in [3.8, 4) is 11.1 Å². The van der Waals surface area contributed by atoms with E-state index in [9.17, 15) is 0 Å². The summed E-state index contributed by atoms with van der Waals surface area (Å²) in [5, 5.41) is 0. The van der Waals surface area contributed by atoms with E-state index in [4.69, 9.17) is 0 Å². The third-order valence-electron chi connectivity index (χ3n) is 11.5. The molecule has 0 unspecified atom stereocenters. The van der Waals surface area contributed by atoms with E-state index in [2.05, 4.69) is 64.1 Å². The van der Waals surface area contributed by atoms with E-state index < -0.39 is 0 Å². The molecule has 2 aromatic carbocycles. The molecular weight excluding hydrogens is 504 g/mol. The van der Waals surface area contributed by atoms with Gasteiger partial charge in [-0.25, -0.2) is 0 Å². The second kappa shape index (κ2) is 18.3. The quantitative estimate of drug-likeness (QED) is 0.166. The molecule has 0 radical (unpaired) electrons. The van der Waals surface area contributed by atoms with Crippen molar-refractivity contribution in [2.45, 2.75) is 169 Å². The van der Waals surface area contributed by atoms with Crippen molar-refractivity contribution in [1.29, 1.82) is 0 Å². The Bertz CT molecular complexity index is 1010. The molecule has 0 aromatic heterocycles. The molecule has 0 heterocycles. The molecule has 2 aliphatic rings. The molecule has 4 rings (SSSR count). The number of aryl methyl sites for hydroxylation is 4. The minimum absolute atomic E-state index is 0.954. The first-order valence-electron chi connectivity index (χ1n) is 18.7. The summed E-state index contributed by atoms with van der Waals surface area (Å²) >= 11 is 0. The number of unbranched alkanes of at least 4 members (excludes halogenated alkanes) is 6. The Hall–Kier alpha value is -1.56. The van der Waals surface area contributed by atoms with E-state index in [1.165, 1.54) is 169 Å². The van der Waals surface area contributed by atoms with Gasteiger partial charge in [-0.15, -0.1) is 0 Å². The Balaban J connectivity index is 1.17. The van der Waals surface area contributed by atoms with Gasteiger partial charge in [0.15, 0.2) is 0 Å². The van der Waals surface area contributed by atoms with Crippen LogP contribution in [0.2, 0.25) is 0 Å². The average Bonchev–Trinajstić information content (AvgIpc) is 3.00. The number of benzene rings is 2. The molecule has 2 saturated carbocycles. The summed E-state index contributed by atoms with van der Waals surface area (Å²) in [6, 6.07) is 14.6. The summed E-state index contributed by atoms with van der Waals surface area (Å²) in [4.78, 5) is 0. The molecule has 2 aromatic rings. The van der Waals surface area contributed by atoms with Crippen molar-refractivity contribution in [3.05, 3.63) is 58.7 Å². The zero-order valence-electron chi connectivity index (χ0n) is 28.3. The third kappa shape index (κ3) is 10.9. The van der Waals surface area contributed by atoms with Gasteiger partial charge in [0.25, 0.3) is 0 Å². The maximum atomic E-state index is 2.48. The molecular formula is C42H66. The Morgan fingerprint density at radius 1 is 0.500 bits per heavy atom. The molecule has 0 spiro atoms. The van der Waals surface area contributed by atoms with Gasteiger partial charge >= 0.3 is 0 Å². The normalized spacial score (nSPS) is 22.9. The average molecular weight is 571 g/mol. The van der Waals surface area contributed by atoms with Crippen molar-refractivity contribution in [3.63, 3.8) is 0 Å². The molecule has 0 N–H and O–H groups in total. The van der Waals surface area contributed by atoms with Crippen molar-refractivity contribution >= 4 is 0 Å². The summed E-state index contributed by atoms with van der Waals surface area (Å²) in [6.07, 6.45) is 31.6. The zero-order valence-corrected chi connectivity index (χ0v) is 28.3. The lowest BCUT2D eigenvalue weighted by atomic mass is 9.77.